The van der Waals surface area contributed by atoms with E-state index in [1.807, 2.05) is 60.7 Å². The van der Waals surface area contributed by atoms with Crippen molar-refractivity contribution in [3.05, 3.63) is 72.8 Å². The van der Waals surface area contributed by atoms with Crippen LogP contribution in [-0.4, -0.2) is 12.2 Å². The zero-order valence-electron chi connectivity index (χ0n) is 12.2. The molecule has 0 bridgehead atoms. The van der Waals surface area contributed by atoms with Crippen molar-refractivity contribution in [3.8, 4) is 34.1 Å². The van der Waals surface area contributed by atoms with Gasteiger partial charge in [-0.15, -0.1) is 0 Å². The van der Waals surface area contributed by atoms with E-state index >= 15 is 0 Å². The third-order valence-corrected chi connectivity index (χ3v) is 3.33. The van der Waals surface area contributed by atoms with Crippen LogP contribution in [0.4, 0.5) is 0 Å². The van der Waals surface area contributed by atoms with Crippen LogP contribution >= 0.6 is 0 Å². The fourth-order valence-electron chi connectivity index (χ4n) is 2.23. The summed E-state index contributed by atoms with van der Waals surface area (Å²) in [6.07, 6.45) is 0. The minimum absolute atomic E-state index is 0.256. The maximum absolute atomic E-state index is 9.54. The van der Waals surface area contributed by atoms with E-state index in [9.17, 15) is 5.11 Å². The Morgan fingerprint density at radius 2 is 1.45 bits per heavy atom. The van der Waals surface area contributed by atoms with Crippen molar-refractivity contribution in [3.63, 3.8) is 0 Å². The van der Waals surface area contributed by atoms with Crippen molar-refractivity contribution in [2.45, 2.75) is 0 Å². The summed E-state index contributed by atoms with van der Waals surface area (Å²) in [5.41, 5.74) is 1.98. The summed E-state index contributed by atoms with van der Waals surface area (Å²) in [5.74, 6) is 2.36. The number of hydrogen-bond donors (Lipinski definition) is 1. The molecule has 0 heterocycles. The number of phenols is 1. The number of benzene rings is 3. The average Bonchev–Trinajstić information content (AvgIpc) is 2.56. The molecule has 3 rings (SSSR count). The van der Waals surface area contributed by atoms with Gasteiger partial charge in [0, 0.05) is 0 Å². The highest BCUT2D eigenvalue weighted by Crippen LogP contribution is 2.32. The van der Waals surface area contributed by atoms with E-state index in [2.05, 4.69) is 0 Å². The normalized spacial score (nSPS) is 10.2. The summed E-state index contributed by atoms with van der Waals surface area (Å²) >= 11 is 0. The third kappa shape index (κ3) is 3.04. The van der Waals surface area contributed by atoms with Crippen molar-refractivity contribution in [2.75, 3.05) is 7.11 Å². The first-order valence-corrected chi connectivity index (χ1v) is 6.96. The van der Waals surface area contributed by atoms with Gasteiger partial charge in [0.1, 0.15) is 11.5 Å². The lowest BCUT2D eigenvalue weighted by Gasteiger charge is -2.10. The lowest BCUT2D eigenvalue weighted by atomic mass is 10.1. The molecule has 0 saturated carbocycles. The van der Waals surface area contributed by atoms with Crippen LogP contribution in [0.15, 0.2) is 72.8 Å². The molecule has 0 aliphatic heterocycles. The molecular formula is C19H16O3. The summed E-state index contributed by atoms with van der Waals surface area (Å²) in [4.78, 5) is 0. The van der Waals surface area contributed by atoms with Crippen LogP contribution in [0.5, 0.6) is 23.0 Å². The number of aromatic hydroxyl groups is 1. The molecule has 3 aromatic rings. The van der Waals surface area contributed by atoms with E-state index < -0.39 is 0 Å². The van der Waals surface area contributed by atoms with E-state index in [0.717, 1.165) is 16.9 Å². The minimum Gasteiger partial charge on any atom is -0.508 e. The van der Waals surface area contributed by atoms with Gasteiger partial charge in [-0.25, -0.2) is 0 Å². The van der Waals surface area contributed by atoms with Crippen LogP contribution < -0.4 is 9.47 Å². The topological polar surface area (TPSA) is 38.7 Å². The van der Waals surface area contributed by atoms with Gasteiger partial charge in [0.2, 0.25) is 0 Å². The standard InChI is InChI=1S/C19H16O3/c1-21-18-7-2-3-8-19(18)22-17-11-9-14(10-12-17)15-5-4-6-16(20)13-15/h2-13,20H,1H3. The van der Waals surface area contributed by atoms with Crippen molar-refractivity contribution in [1.82, 2.24) is 0 Å². The summed E-state index contributed by atoms with van der Waals surface area (Å²) in [5, 5.41) is 9.54. The number of methoxy groups -OCH3 is 1. The lowest BCUT2D eigenvalue weighted by Crippen LogP contribution is -1.89. The van der Waals surface area contributed by atoms with Gasteiger partial charge < -0.3 is 14.6 Å². The highest BCUT2D eigenvalue weighted by atomic mass is 16.5. The summed E-state index contributed by atoms with van der Waals surface area (Å²) in [6.45, 7) is 0. The number of hydrogen-bond acceptors (Lipinski definition) is 3. The Bertz CT molecular complexity index is 764. The molecule has 0 saturated heterocycles. The fourth-order valence-corrected chi connectivity index (χ4v) is 2.23. The number of rotatable bonds is 4. The largest absolute Gasteiger partial charge is 0.508 e. The molecule has 0 amide bonds. The van der Waals surface area contributed by atoms with Crippen LogP contribution in [0, 0.1) is 0 Å². The quantitative estimate of drug-likeness (QED) is 0.746. The molecule has 0 aromatic heterocycles. The number of ether oxygens (including phenoxy) is 2. The molecule has 3 heteroatoms. The molecule has 0 aliphatic rings. The molecule has 1 N–H and O–H groups in total. The van der Waals surface area contributed by atoms with Gasteiger partial charge in [-0.1, -0.05) is 36.4 Å². The molecule has 110 valence electrons. The smallest absolute Gasteiger partial charge is 0.169 e. The third-order valence-electron chi connectivity index (χ3n) is 3.33. The summed E-state index contributed by atoms with van der Waals surface area (Å²) in [7, 11) is 1.62. The maximum Gasteiger partial charge on any atom is 0.169 e. The van der Waals surface area contributed by atoms with Gasteiger partial charge in [0.25, 0.3) is 0 Å². The molecular weight excluding hydrogens is 276 g/mol. The molecule has 0 aliphatic carbocycles. The lowest BCUT2D eigenvalue weighted by molar-refractivity contribution is 0.379. The SMILES string of the molecule is COc1ccccc1Oc1ccc(-c2cccc(O)c2)cc1. The zero-order valence-corrected chi connectivity index (χ0v) is 12.2. The highest BCUT2D eigenvalue weighted by Gasteiger charge is 2.05. The first-order valence-electron chi connectivity index (χ1n) is 6.96. The molecule has 0 unspecified atom stereocenters. The molecule has 0 atom stereocenters. The molecule has 3 nitrogen and oxygen atoms in total. The van der Waals surface area contributed by atoms with Crippen LogP contribution in [0.3, 0.4) is 0 Å². The zero-order chi connectivity index (χ0) is 15.4. The molecule has 0 fully saturated rings. The predicted molar refractivity (Wildman–Crippen MR) is 86.6 cm³/mol. The second-order valence-corrected chi connectivity index (χ2v) is 4.83. The van der Waals surface area contributed by atoms with Gasteiger partial charge in [-0.05, 0) is 47.5 Å². The van der Waals surface area contributed by atoms with Crippen molar-refractivity contribution >= 4 is 0 Å². The first kappa shape index (κ1) is 14.0. The minimum atomic E-state index is 0.256. The van der Waals surface area contributed by atoms with E-state index in [4.69, 9.17) is 9.47 Å². The predicted octanol–water partition coefficient (Wildman–Crippen LogP) is 4.86. The van der Waals surface area contributed by atoms with Gasteiger partial charge in [0.05, 0.1) is 7.11 Å². The Morgan fingerprint density at radius 1 is 0.727 bits per heavy atom. The molecule has 0 radical (unpaired) electrons. The summed E-state index contributed by atoms with van der Waals surface area (Å²) in [6, 6.07) is 22.4. The van der Waals surface area contributed by atoms with E-state index in [-0.39, 0.29) is 5.75 Å². The van der Waals surface area contributed by atoms with Crippen molar-refractivity contribution < 1.29 is 14.6 Å². The molecule has 22 heavy (non-hydrogen) atoms. The highest BCUT2D eigenvalue weighted by molar-refractivity contribution is 5.65. The van der Waals surface area contributed by atoms with E-state index in [1.54, 1.807) is 19.2 Å². The van der Waals surface area contributed by atoms with Crippen LogP contribution in [0.25, 0.3) is 11.1 Å². The Labute approximate surface area is 129 Å². The number of phenolic OH excluding ortho intramolecular Hbond substituents is 1. The van der Waals surface area contributed by atoms with Gasteiger partial charge in [-0.3, -0.25) is 0 Å². The second kappa shape index (κ2) is 6.22. The Hall–Kier alpha value is -2.94. The van der Waals surface area contributed by atoms with Crippen LogP contribution in [0.2, 0.25) is 0 Å². The van der Waals surface area contributed by atoms with E-state index in [0.29, 0.717) is 11.5 Å². The molecule has 3 aromatic carbocycles. The van der Waals surface area contributed by atoms with Gasteiger partial charge in [-0.2, -0.15) is 0 Å². The fraction of sp³-hybridized carbons (Fsp3) is 0.0526. The van der Waals surface area contributed by atoms with Crippen molar-refractivity contribution in [2.24, 2.45) is 0 Å². The Kier molecular flexibility index (Phi) is 3.97. The van der Waals surface area contributed by atoms with Crippen LogP contribution in [-0.2, 0) is 0 Å². The Balaban J connectivity index is 1.83. The van der Waals surface area contributed by atoms with Gasteiger partial charge in [0.15, 0.2) is 11.5 Å². The van der Waals surface area contributed by atoms with E-state index in [1.165, 1.54) is 0 Å². The van der Waals surface area contributed by atoms with Crippen LogP contribution in [0.1, 0.15) is 0 Å². The maximum atomic E-state index is 9.54. The average molecular weight is 292 g/mol. The van der Waals surface area contributed by atoms with Crippen molar-refractivity contribution in [1.29, 1.82) is 0 Å². The Morgan fingerprint density at radius 3 is 2.14 bits per heavy atom. The monoisotopic (exact) mass is 292 g/mol. The van der Waals surface area contributed by atoms with Gasteiger partial charge >= 0.3 is 0 Å². The summed E-state index contributed by atoms with van der Waals surface area (Å²) < 4.78 is 11.1. The molecule has 0 spiro atoms. The number of para-hydroxylation sites is 2. The second-order valence-electron chi connectivity index (χ2n) is 4.83. The first-order chi connectivity index (χ1) is 10.8.